The normalized spacial score (nSPS) is 12.1. The molecule has 1 unspecified atom stereocenters. The lowest BCUT2D eigenvalue weighted by molar-refractivity contribution is -0.384. The largest absolute Gasteiger partial charge is 0.301 e. The highest BCUT2D eigenvalue weighted by molar-refractivity contribution is 7.13. The number of non-ortho nitro benzene ring substituents is 1. The summed E-state index contributed by atoms with van der Waals surface area (Å²) in [5, 5.41) is 15.8. The van der Waals surface area contributed by atoms with E-state index in [0.29, 0.717) is 5.13 Å². The van der Waals surface area contributed by atoms with Gasteiger partial charge in [-0.1, -0.05) is 26.0 Å². The van der Waals surface area contributed by atoms with Crippen LogP contribution in [0.2, 0.25) is 0 Å². The number of nitrogens with one attached hydrogen (secondary N) is 1. The quantitative estimate of drug-likeness (QED) is 0.677. The fourth-order valence-corrected chi connectivity index (χ4v) is 2.64. The van der Waals surface area contributed by atoms with E-state index in [4.69, 9.17) is 0 Å². The van der Waals surface area contributed by atoms with Gasteiger partial charge in [-0.05, 0) is 11.5 Å². The number of hydrogen-bond donors (Lipinski definition) is 1. The van der Waals surface area contributed by atoms with E-state index in [0.717, 1.165) is 5.56 Å². The summed E-state index contributed by atoms with van der Waals surface area (Å²) in [4.78, 5) is 26.6. The van der Waals surface area contributed by atoms with Gasteiger partial charge in [-0.25, -0.2) is 4.98 Å². The molecule has 1 aromatic carbocycles. The van der Waals surface area contributed by atoms with Crippen molar-refractivity contribution < 1.29 is 9.72 Å². The Morgan fingerprint density at radius 3 is 2.48 bits per heavy atom. The summed E-state index contributed by atoms with van der Waals surface area (Å²) < 4.78 is 0. The molecular formula is C14H15N3O3S. The molecule has 0 aliphatic rings. The van der Waals surface area contributed by atoms with Crippen LogP contribution in [0.25, 0.3) is 0 Å². The first-order chi connectivity index (χ1) is 9.99. The van der Waals surface area contributed by atoms with E-state index >= 15 is 0 Å². The van der Waals surface area contributed by atoms with Gasteiger partial charge < -0.3 is 5.32 Å². The molecule has 6 nitrogen and oxygen atoms in total. The van der Waals surface area contributed by atoms with Gasteiger partial charge in [0.1, 0.15) is 0 Å². The number of carbonyl (C=O) groups excluding carboxylic acids is 1. The zero-order valence-electron chi connectivity index (χ0n) is 11.6. The van der Waals surface area contributed by atoms with E-state index in [2.05, 4.69) is 10.3 Å². The second-order valence-corrected chi connectivity index (χ2v) is 5.79. The lowest BCUT2D eigenvalue weighted by Crippen LogP contribution is -2.25. The average Bonchev–Trinajstić information content (AvgIpc) is 2.91. The Labute approximate surface area is 126 Å². The van der Waals surface area contributed by atoms with Crippen molar-refractivity contribution in [2.45, 2.75) is 19.8 Å². The molecule has 1 heterocycles. The third kappa shape index (κ3) is 3.63. The van der Waals surface area contributed by atoms with Crippen LogP contribution in [0.4, 0.5) is 10.8 Å². The summed E-state index contributed by atoms with van der Waals surface area (Å²) in [7, 11) is 0. The molecule has 0 saturated heterocycles. The van der Waals surface area contributed by atoms with Crippen LogP contribution in [0, 0.1) is 16.0 Å². The predicted octanol–water partition coefficient (Wildman–Crippen LogP) is 3.43. The fourth-order valence-electron chi connectivity index (χ4n) is 2.11. The van der Waals surface area contributed by atoms with E-state index < -0.39 is 4.92 Å². The maximum atomic E-state index is 12.4. The zero-order valence-corrected chi connectivity index (χ0v) is 12.5. The van der Waals surface area contributed by atoms with Crippen LogP contribution in [0.5, 0.6) is 0 Å². The molecule has 0 radical (unpaired) electrons. The van der Waals surface area contributed by atoms with Gasteiger partial charge in [0.2, 0.25) is 5.91 Å². The summed E-state index contributed by atoms with van der Waals surface area (Å²) in [5.41, 5.74) is 0.770. The fraction of sp³-hybridized carbons (Fsp3) is 0.286. The summed E-state index contributed by atoms with van der Waals surface area (Å²) in [6.45, 7) is 3.88. The number of thiazole rings is 1. The van der Waals surface area contributed by atoms with Gasteiger partial charge in [0.05, 0.1) is 10.8 Å². The van der Waals surface area contributed by atoms with Crippen molar-refractivity contribution in [2.75, 3.05) is 5.32 Å². The smallest absolute Gasteiger partial charge is 0.269 e. The topological polar surface area (TPSA) is 85.1 Å². The molecule has 0 bridgehead atoms. The van der Waals surface area contributed by atoms with Gasteiger partial charge in [0.15, 0.2) is 5.13 Å². The van der Waals surface area contributed by atoms with Crippen LogP contribution in [0.1, 0.15) is 25.3 Å². The van der Waals surface area contributed by atoms with Gasteiger partial charge in [-0.15, -0.1) is 11.3 Å². The first kappa shape index (κ1) is 15.1. The van der Waals surface area contributed by atoms with Gasteiger partial charge in [-0.2, -0.15) is 0 Å². The number of rotatable bonds is 5. The average molecular weight is 305 g/mol. The van der Waals surface area contributed by atoms with Gasteiger partial charge in [-0.3, -0.25) is 14.9 Å². The first-order valence-corrected chi connectivity index (χ1v) is 7.31. The van der Waals surface area contributed by atoms with E-state index in [-0.39, 0.29) is 23.4 Å². The Morgan fingerprint density at radius 2 is 2.00 bits per heavy atom. The second kappa shape index (κ2) is 6.45. The number of amides is 1. The number of nitrogens with zero attached hydrogens (tertiary/aromatic N) is 2. The van der Waals surface area contributed by atoms with Crippen molar-refractivity contribution in [1.29, 1.82) is 0 Å². The Morgan fingerprint density at radius 1 is 1.33 bits per heavy atom. The van der Waals surface area contributed by atoms with E-state index in [9.17, 15) is 14.9 Å². The Balaban J connectivity index is 2.22. The van der Waals surface area contributed by atoms with Crippen molar-refractivity contribution in [3.63, 3.8) is 0 Å². The van der Waals surface area contributed by atoms with Gasteiger partial charge >= 0.3 is 0 Å². The zero-order chi connectivity index (χ0) is 15.4. The third-order valence-corrected chi connectivity index (χ3v) is 3.76. The summed E-state index contributed by atoms with van der Waals surface area (Å²) in [5.74, 6) is -0.477. The standard InChI is InChI=1S/C14H15N3O3S/c1-9(2)12(13(18)16-14-15-7-8-21-14)10-3-5-11(6-4-10)17(19)20/h3-9,12H,1-2H3,(H,15,16,18). The lowest BCUT2D eigenvalue weighted by atomic mass is 9.87. The number of nitro benzene ring substituents is 1. The van der Waals surface area contributed by atoms with Crippen LogP contribution in [-0.4, -0.2) is 15.8 Å². The summed E-state index contributed by atoms with van der Waals surface area (Å²) in [6, 6.07) is 6.09. The molecule has 1 atom stereocenters. The molecule has 0 aliphatic carbocycles. The number of anilines is 1. The lowest BCUT2D eigenvalue weighted by Gasteiger charge is -2.19. The Hall–Kier alpha value is -2.28. The van der Waals surface area contributed by atoms with Crippen LogP contribution in [0.15, 0.2) is 35.8 Å². The highest BCUT2D eigenvalue weighted by Gasteiger charge is 2.25. The predicted molar refractivity (Wildman–Crippen MR) is 81.4 cm³/mol. The van der Waals surface area contributed by atoms with Crippen molar-refractivity contribution in [3.05, 3.63) is 51.5 Å². The highest BCUT2D eigenvalue weighted by Crippen LogP contribution is 2.28. The Bertz CT molecular complexity index is 623. The minimum Gasteiger partial charge on any atom is -0.301 e. The van der Waals surface area contributed by atoms with Gasteiger partial charge in [0, 0.05) is 23.7 Å². The first-order valence-electron chi connectivity index (χ1n) is 6.43. The van der Waals surface area contributed by atoms with E-state index in [1.54, 1.807) is 23.7 Å². The number of benzene rings is 1. The molecule has 110 valence electrons. The molecule has 7 heteroatoms. The van der Waals surface area contributed by atoms with E-state index in [1.807, 2.05) is 13.8 Å². The number of carbonyl (C=O) groups is 1. The molecule has 2 aromatic rings. The molecular weight excluding hydrogens is 290 g/mol. The van der Waals surface area contributed by atoms with Crippen LogP contribution in [-0.2, 0) is 4.79 Å². The molecule has 0 spiro atoms. The molecule has 21 heavy (non-hydrogen) atoms. The van der Waals surface area contributed by atoms with Crippen molar-refractivity contribution >= 4 is 28.1 Å². The summed E-state index contributed by atoms with van der Waals surface area (Å²) in [6.07, 6.45) is 1.62. The second-order valence-electron chi connectivity index (χ2n) is 4.90. The SMILES string of the molecule is CC(C)C(C(=O)Nc1nccs1)c1ccc([N+](=O)[O-])cc1. The molecule has 0 saturated carbocycles. The minimum atomic E-state index is -0.455. The van der Waals surface area contributed by atoms with Crippen molar-refractivity contribution in [1.82, 2.24) is 4.98 Å². The number of nitro groups is 1. The Kier molecular flexibility index (Phi) is 4.64. The van der Waals surface area contributed by atoms with Crippen molar-refractivity contribution in [3.8, 4) is 0 Å². The molecule has 0 aliphatic heterocycles. The number of aromatic nitrogens is 1. The van der Waals surface area contributed by atoms with Crippen LogP contribution < -0.4 is 5.32 Å². The highest BCUT2D eigenvalue weighted by atomic mass is 32.1. The summed E-state index contributed by atoms with van der Waals surface area (Å²) >= 11 is 1.35. The van der Waals surface area contributed by atoms with E-state index in [1.165, 1.54) is 23.5 Å². The molecule has 0 fully saturated rings. The molecule has 2 rings (SSSR count). The van der Waals surface area contributed by atoms with Crippen LogP contribution >= 0.6 is 11.3 Å². The maximum absolute atomic E-state index is 12.4. The van der Waals surface area contributed by atoms with Crippen molar-refractivity contribution in [2.24, 2.45) is 5.92 Å². The maximum Gasteiger partial charge on any atom is 0.269 e. The third-order valence-electron chi connectivity index (χ3n) is 3.07. The number of hydrogen-bond acceptors (Lipinski definition) is 5. The van der Waals surface area contributed by atoms with Gasteiger partial charge in [0.25, 0.3) is 5.69 Å². The minimum absolute atomic E-state index is 0.0154. The molecule has 1 amide bonds. The molecule has 1 N–H and O–H groups in total. The van der Waals surface area contributed by atoms with Crippen LogP contribution in [0.3, 0.4) is 0 Å². The monoisotopic (exact) mass is 305 g/mol. The molecule has 1 aromatic heterocycles.